The lowest BCUT2D eigenvalue weighted by molar-refractivity contribution is -0.121. The predicted octanol–water partition coefficient (Wildman–Crippen LogP) is 4.42. The number of anilines is 3. The molecule has 1 aromatic carbocycles. The molecular formula is C24H30N6O. The summed E-state index contributed by atoms with van der Waals surface area (Å²) in [5.74, 6) is 0.368. The van der Waals surface area contributed by atoms with E-state index in [1.165, 1.54) is 5.56 Å². The van der Waals surface area contributed by atoms with E-state index in [0.29, 0.717) is 12.5 Å². The maximum atomic E-state index is 12.8. The lowest BCUT2D eigenvalue weighted by Gasteiger charge is -2.25. The Hall–Kier alpha value is -3.32. The fraction of sp³-hybridized carbons (Fsp3) is 0.333. The van der Waals surface area contributed by atoms with Gasteiger partial charge >= 0.3 is 0 Å². The zero-order valence-corrected chi connectivity index (χ0v) is 18.7. The van der Waals surface area contributed by atoms with E-state index in [-0.39, 0.29) is 11.3 Å². The molecule has 0 radical (unpaired) electrons. The van der Waals surface area contributed by atoms with Crippen molar-refractivity contribution in [1.29, 1.82) is 0 Å². The van der Waals surface area contributed by atoms with E-state index in [0.717, 1.165) is 17.1 Å². The molecule has 0 saturated carbocycles. The summed E-state index contributed by atoms with van der Waals surface area (Å²) in [5.41, 5.74) is 2.87. The van der Waals surface area contributed by atoms with Gasteiger partial charge in [-0.3, -0.25) is 15.1 Å². The number of nitrogens with one attached hydrogen (secondary N) is 3. The van der Waals surface area contributed by atoms with Crippen LogP contribution in [0, 0.1) is 0 Å². The smallest absolute Gasteiger partial charge is 0.244 e. The van der Waals surface area contributed by atoms with Gasteiger partial charge in [0.1, 0.15) is 0 Å². The normalized spacial score (nSPS) is 11.8. The van der Waals surface area contributed by atoms with Crippen LogP contribution in [0.15, 0.2) is 61.1 Å². The number of carbonyl (C=O) groups excluding carboxylic acids is 1. The first-order chi connectivity index (χ1) is 14.6. The molecule has 0 atom stereocenters. The highest BCUT2D eigenvalue weighted by molar-refractivity contribution is 5.97. The summed E-state index contributed by atoms with van der Waals surface area (Å²) in [6.07, 6.45) is 5.10. The molecule has 2 heterocycles. The number of carbonyl (C=O) groups is 1. The first kappa shape index (κ1) is 22.4. The Balaban J connectivity index is 1.59. The molecule has 0 spiro atoms. The minimum Gasteiger partial charge on any atom is -0.325 e. The monoisotopic (exact) mass is 418 g/mol. The van der Waals surface area contributed by atoms with E-state index in [1.54, 1.807) is 18.6 Å². The van der Waals surface area contributed by atoms with Crippen LogP contribution < -0.4 is 16.0 Å². The van der Waals surface area contributed by atoms with E-state index in [9.17, 15) is 4.79 Å². The number of nitrogens with zero attached hydrogens (tertiary/aromatic N) is 3. The summed E-state index contributed by atoms with van der Waals surface area (Å²) < 4.78 is 0. The van der Waals surface area contributed by atoms with Gasteiger partial charge in [0.15, 0.2) is 0 Å². The van der Waals surface area contributed by atoms with Gasteiger partial charge in [-0.25, -0.2) is 9.97 Å². The molecule has 3 aromatic rings. The van der Waals surface area contributed by atoms with E-state index in [1.807, 2.05) is 56.3 Å². The Morgan fingerprint density at radius 3 is 2.32 bits per heavy atom. The SMILES string of the molecule is CC(C)(NCc1ccnc(Nc2cccnc2)n1)C(=O)Nc1ccc(C(C)(C)C)cc1. The largest absolute Gasteiger partial charge is 0.325 e. The van der Waals surface area contributed by atoms with Gasteiger partial charge < -0.3 is 10.6 Å². The molecule has 0 unspecified atom stereocenters. The van der Waals surface area contributed by atoms with Crippen LogP contribution in [-0.2, 0) is 16.8 Å². The van der Waals surface area contributed by atoms with Crippen molar-refractivity contribution in [2.45, 2.75) is 52.1 Å². The highest BCUT2D eigenvalue weighted by Gasteiger charge is 2.27. The van der Waals surface area contributed by atoms with Crippen molar-refractivity contribution in [3.63, 3.8) is 0 Å². The van der Waals surface area contributed by atoms with Crippen molar-refractivity contribution in [2.75, 3.05) is 10.6 Å². The van der Waals surface area contributed by atoms with Crippen molar-refractivity contribution < 1.29 is 4.79 Å². The van der Waals surface area contributed by atoms with E-state index in [2.05, 4.69) is 51.7 Å². The van der Waals surface area contributed by atoms with E-state index >= 15 is 0 Å². The standard InChI is InChI=1S/C24H30N6O/c1-23(2,3)17-8-10-18(11-9-17)28-21(31)24(4,5)27-16-20-12-14-26-22(30-20)29-19-7-6-13-25-15-19/h6-15,27H,16H2,1-5H3,(H,28,31)(H,26,29,30). The lowest BCUT2D eigenvalue weighted by atomic mass is 9.87. The molecule has 0 bridgehead atoms. The third-order valence-corrected chi connectivity index (χ3v) is 4.92. The van der Waals surface area contributed by atoms with Crippen LogP contribution in [0.5, 0.6) is 0 Å². The van der Waals surface area contributed by atoms with E-state index < -0.39 is 5.54 Å². The number of pyridine rings is 1. The second kappa shape index (κ2) is 9.22. The summed E-state index contributed by atoms with van der Waals surface area (Å²) in [6, 6.07) is 13.5. The van der Waals surface area contributed by atoms with Crippen LogP contribution in [-0.4, -0.2) is 26.4 Å². The van der Waals surface area contributed by atoms with Crippen LogP contribution in [0.4, 0.5) is 17.3 Å². The number of hydrogen-bond donors (Lipinski definition) is 3. The average molecular weight is 419 g/mol. The second-order valence-corrected chi connectivity index (χ2v) is 9.00. The first-order valence-electron chi connectivity index (χ1n) is 10.3. The van der Waals surface area contributed by atoms with Gasteiger partial charge in [-0.05, 0) is 55.2 Å². The van der Waals surface area contributed by atoms with E-state index in [4.69, 9.17) is 0 Å². The van der Waals surface area contributed by atoms with Gasteiger partial charge in [-0.1, -0.05) is 32.9 Å². The molecule has 31 heavy (non-hydrogen) atoms. The number of rotatable bonds is 7. The molecule has 0 fully saturated rings. The molecule has 2 aromatic heterocycles. The van der Waals surface area contributed by atoms with Crippen molar-refractivity contribution >= 4 is 23.2 Å². The van der Waals surface area contributed by atoms with Gasteiger partial charge in [0.25, 0.3) is 0 Å². The van der Waals surface area contributed by atoms with Crippen molar-refractivity contribution in [3.05, 3.63) is 72.3 Å². The third kappa shape index (κ3) is 6.33. The zero-order chi connectivity index (χ0) is 22.5. The Kier molecular flexibility index (Phi) is 6.65. The topological polar surface area (TPSA) is 91.8 Å². The zero-order valence-electron chi connectivity index (χ0n) is 18.7. The first-order valence-corrected chi connectivity index (χ1v) is 10.3. The van der Waals surface area contributed by atoms with Crippen molar-refractivity contribution in [2.24, 2.45) is 0 Å². The summed E-state index contributed by atoms with van der Waals surface area (Å²) in [4.78, 5) is 25.6. The highest BCUT2D eigenvalue weighted by Crippen LogP contribution is 2.24. The molecule has 0 aliphatic rings. The maximum Gasteiger partial charge on any atom is 0.244 e. The van der Waals surface area contributed by atoms with Gasteiger partial charge in [0.05, 0.1) is 23.1 Å². The summed E-state index contributed by atoms with van der Waals surface area (Å²) in [5, 5.41) is 9.39. The minimum atomic E-state index is -0.787. The molecule has 3 rings (SSSR count). The quantitative estimate of drug-likeness (QED) is 0.526. The third-order valence-electron chi connectivity index (χ3n) is 4.92. The Morgan fingerprint density at radius 2 is 1.68 bits per heavy atom. The Bertz CT molecular complexity index is 1010. The molecule has 1 amide bonds. The van der Waals surface area contributed by atoms with Gasteiger partial charge in [0.2, 0.25) is 11.9 Å². The number of hydrogen-bond acceptors (Lipinski definition) is 6. The average Bonchev–Trinajstić information content (AvgIpc) is 2.73. The van der Waals surface area contributed by atoms with Crippen LogP contribution in [0.25, 0.3) is 0 Å². The van der Waals surface area contributed by atoms with Crippen molar-refractivity contribution in [3.8, 4) is 0 Å². The highest BCUT2D eigenvalue weighted by atomic mass is 16.2. The van der Waals surface area contributed by atoms with Crippen molar-refractivity contribution in [1.82, 2.24) is 20.3 Å². The molecule has 0 aliphatic carbocycles. The maximum absolute atomic E-state index is 12.8. The van der Waals surface area contributed by atoms with Gasteiger partial charge in [-0.15, -0.1) is 0 Å². The molecule has 7 heteroatoms. The summed E-state index contributed by atoms with van der Waals surface area (Å²) in [6.45, 7) is 10.6. The summed E-state index contributed by atoms with van der Waals surface area (Å²) >= 11 is 0. The Morgan fingerprint density at radius 1 is 0.935 bits per heavy atom. The summed E-state index contributed by atoms with van der Waals surface area (Å²) in [7, 11) is 0. The second-order valence-electron chi connectivity index (χ2n) is 9.00. The van der Waals surface area contributed by atoms with Crippen LogP contribution in [0.1, 0.15) is 45.9 Å². The number of benzene rings is 1. The lowest BCUT2D eigenvalue weighted by Crippen LogP contribution is -2.49. The van der Waals surface area contributed by atoms with Gasteiger partial charge in [-0.2, -0.15) is 0 Å². The Labute approximate surface area is 183 Å². The number of amides is 1. The number of aromatic nitrogens is 3. The fourth-order valence-electron chi connectivity index (χ4n) is 2.85. The molecule has 7 nitrogen and oxygen atoms in total. The molecular weight excluding hydrogens is 388 g/mol. The predicted molar refractivity (Wildman–Crippen MR) is 124 cm³/mol. The molecule has 3 N–H and O–H groups in total. The molecule has 0 aliphatic heterocycles. The van der Waals surface area contributed by atoms with Gasteiger partial charge in [0, 0.05) is 24.6 Å². The fourth-order valence-corrected chi connectivity index (χ4v) is 2.85. The molecule has 0 saturated heterocycles. The minimum absolute atomic E-state index is 0.0750. The van der Waals surface area contributed by atoms with Crippen LogP contribution in [0.2, 0.25) is 0 Å². The van der Waals surface area contributed by atoms with Crippen LogP contribution in [0.3, 0.4) is 0 Å². The molecule has 162 valence electrons. The van der Waals surface area contributed by atoms with Crippen LogP contribution >= 0.6 is 0 Å².